The molecule has 100 valence electrons. The van der Waals surface area contributed by atoms with Crippen LogP contribution < -0.4 is 5.32 Å². The van der Waals surface area contributed by atoms with Gasteiger partial charge in [-0.05, 0) is 19.4 Å². The van der Waals surface area contributed by atoms with Gasteiger partial charge in [-0.15, -0.1) is 0 Å². The largest absolute Gasteiger partial charge is 0.313 e. The first-order valence-corrected chi connectivity index (χ1v) is 8.64. The van der Waals surface area contributed by atoms with Gasteiger partial charge in [0.25, 0.3) is 0 Å². The Morgan fingerprint density at radius 1 is 1.06 bits per heavy atom. The quantitative estimate of drug-likeness (QED) is 0.791. The number of sulfone groups is 1. The van der Waals surface area contributed by atoms with Crippen molar-refractivity contribution in [2.45, 2.75) is 38.1 Å². The van der Waals surface area contributed by atoms with Crippen LogP contribution in [0, 0.1) is 0 Å². The van der Waals surface area contributed by atoms with Crippen LogP contribution in [0.4, 0.5) is 0 Å². The number of nitrogens with zero attached hydrogens (tertiary/aromatic N) is 1. The van der Waals surface area contributed by atoms with Gasteiger partial charge in [0.15, 0.2) is 9.84 Å². The minimum atomic E-state index is -2.73. The molecule has 0 bridgehead atoms. The third-order valence-corrected chi connectivity index (χ3v) is 5.44. The molecule has 0 amide bonds. The van der Waals surface area contributed by atoms with Crippen LogP contribution in [0.5, 0.6) is 0 Å². The van der Waals surface area contributed by atoms with Crippen LogP contribution in [0.15, 0.2) is 0 Å². The fourth-order valence-corrected chi connectivity index (χ4v) is 3.95. The van der Waals surface area contributed by atoms with Gasteiger partial charge in [0, 0.05) is 25.7 Å². The van der Waals surface area contributed by atoms with E-state index >= 15 is 0 Å². The van der Waals surface area contributed by atoms with Gasteiger partial charge in [-0.25, -0.2) is 8.42 Å². The molecular formula is C12H24N2O2S. The van der Waals surface area contributed by atoms with E-state index in [0.29, 0.717) is 17.5 Å². The zero-order valence-electron chi connectivity index (χ0n) is 10.5. The molecular weight excluding hydrogens is 236 g/mol. The van der Waals surface area contributed by atoms with Gasteiger partial charge in [-0.3, -0.25) is 4.90 Å². The molecule has 2 aliphatic heterocycles. The molecule has 2 heterocycles. The zero-order valence-corrected chi connectivity index (χ0v) is 11.3. The van der Waals surface area contributed by atoms with Crippen molar-refractivity contribution in [2.75, 3.05) is 37.7 Å². The summed E-state index contributed by atoms with van der Waals surface area (Å²) in [5.74, 6) is 0.694. The van der Waals surface area contributed by atoms with Crippen molar-refractivity contribution < 1.29 is 8.42 Å². The topological polar surface area (TPSA) is 49.4 Å². The van der Waals surface area contributed by atoms with E-state index in [2.05, 4.69) is 10.2 Å². The number of hydrogen-bond donors (Lipinski definition) is 1. The summed E-state index contributed by atoms with van der Waals surface area (Å²) in [4.78, 5) is 2.31. The van der Waals surface area contributed by atoms with E-state index in [4.69, 9.17) is 0 Å². The Morgan fingerprint density at radius 2 is 1.76 bits per heavy atom. The number of hydrogen-bond acceptors (Lipinski definition) is 4. The lowest BCUT2D eigenvalue weighted by atomic mass is 10.0. The lowest BCUT2D eigenvalue weighted by Crippen LogP contribution is -2.47. The van der Waals surface area contributed by atoms with Gasteiger partial charge in [-0.2, -0.15) is 0 Å². The molecule has 0 saturated carbocycles. The average Bonchev–Trinajstić information content (AvgIpc) is 2.24. The predicted molar refractivity (Wildman–Crippen MR) is 70.0 cm³/mol. The summed E-state index contributed by atoms with van der Waals surface area (Å²) in [5, 5.41) is 3.60. The van der Waals surface area contributed by atoms with E-state index in [9.17, 15) is 8.42 Å². The summed E-state index contributed by atoms with van der Waals surface area (Å²) in [6.07, 6.45) is 6.53. The van der Waals surface area contributed by atoms with Gasteiger partial charge < -0.3 is 5.32 Å². The normalized spacial score (nSPS) is 31.6. The standard InChI is InChI=1S/C12H24N2O2S/c15-17(16)9-7-14(8-10-17)11-12-5-3-1-2-4-6-13-12/h12-13H,1-11H2. The van der Waals surface area contributed by atoms with E-state index in [-0.39, 0.29) is 0 Å². The molecule has 1 unspecified atom stereocenters. The highest BCUT2D eigenvalue weighted by atomic mass is 32.2. The van der Waals surface area contributed by atoms with Crippen molar-refractivity contribution >= 4 is 9.84 Å². The third-order valence-electron chi connectivity index (χ3n) is 3.83. The Labute approximate surface area is 105 Å². The highest BCUT2D eigenvalue weighted by Gasteiger charge is 2.23. The molecule has 4 nitrogen and oxygen atoms in total. The number of nitrogens with one attached hydrogen (secondary N) is 1. The smallest absolute Gasteiger partial charge is 0.152 e. The SMILES string of the molecule is O=S1(=O)CCN(CC2CCCCCCN2)CC1. The van der Waals surface area contributed by atoms with Crippen molar-refractivity contribution in [3.8, 4) is 0 Å². The first kappa shape index (κ1) is 13.3. The molecule has 0 aromatic carbocycles. The van der Waals surface area contributed by atoms with Crippen molar-refractivity contribution in [3.63, 3.8) is 0 Å². The zero-order chi connectivity index (χ0) is 12.1. The minimum Gasteiger partial charge on any atom is -0.313 e. The summed E-state index contributed by atoms with van der Waals surface area (Å²) >= 11 is 0. The highest BCUT2D eigenvalue weighted by molar-refractivity contribution is 7.91. The maximum atomic E-state index is 11.3. The van der Waals surface area contributed by atoms with Crippen LogP contribution in [0.3, 0.4) is 0 Å². The van der Waals surface area contributed by atoms with Gasteiger partial charge in [0.05, 0.1) is 11.5 Å². The summed E-state index contributed by atoms with van der Waals surface area (Å²) < 4.78 is 22.7. The molecule has 0 aromatic rings. The Kier molecular flexibility index (Phi) is 4.82. The monoisotopic (exact) mass is 260 g/mol. The van der Waals surface area contributed by atoms with Gasteiger partial charge >= 0.3 is 0 Å². The van der Waals surface area contributed by atoms with Crippen LogP contribution in [0.2, 0.25) is 0 Å². The molecule has 0 aromatic heterocycles. The Morgan fingerprint density at radius 3 is 2.53 bits per heavy atom. The third kappa shape index (κ3) is 4.56. The van der Waals surface area contributed by atoms with Crippen LogP contribution in [0.1, 0.15) is 32.1 Å². The maximum absolute atomic E-state index is 11.3. The van der Waals surface area contributed by atoms with E-state index in [0.717, 1.165) is 26.2 Å². The van der Waals surface area contributed by atoms with Crippen molar-refractivity contribution in [3.05, 3.63) is 0 Å². The molecule has 1 atom stereocenters. The molecule has 2 aliphatic rings. The van der Waals surface area contributed by atoms with E-state index in [1.165, 1.54) is 32.1 Å². The van der Waals surface area contributed by atoms with Gasteiger partial charge in [-0.1, -0.05) is 19.3 Å². The average molecular weight is 260 g/mol. The molecule has 0 spiro atoms. The predicted octanol–water partition coefficient (Wildman–Crippen LogP) is 0.639. The molecule has 17 heavy (non-hydrogen) atoms. The number of rotatable bonds is 2. The first-order valence-electron chi connectivity index (χ1n) is 6.82. The van der Waals surface area contributed by atoms with Crippen LogP contribution in [-0.4, -0.2) is 57.0 Å². The molecule has 2 rings (SSSR count). The Bertz CT molecular complexity index is 307. The summed E-state index contributed by atoms with van der Waals surface area (Å²) in [6.45, 7) is 3.59. The Hall–Kier alpha value is -0.130. The highest BCUT2D eigenvalue weighted by Crippen LogP contribution is 2.12. The molecule has 0 aliphatic carbocycles. The fourth-order valence-electron chi connectivity index (χ4n) is 2.68. The lowest BCUT2D eigenvalue weighted by Gasteiger charge is -2.31. The molecule has 2 fully saturated rings. The van der Waals surface area contributed by atoms with Crippen LogP contribution in [-0.2, 0) is 9.84 Å². The van der Waals surface area contributed by atoms with E-state index in [1.54, 1.807) is 0 Å². The van der Waals surface area contributed by atoms with Crippen molar-refractivity contribution in [1.29, 1.82) is 0 Å². The van der Waals surface area contributed by atoms with E-state index in [1.807, 2.05) is 0 Å². The minimum absolute atomic E-state index is 0.347. The van der Waals surface area contributed by atoms with Gasteiger partial charge in [0.1, 0.15) is 0 Å². The molecule has 5 heteroatoms. The molecule has 1 N–H and O–H groups in total. The van der Waals surface area contributed by atoms with Crippen molar-refractivity contribution in [1.82, 2.24) is 10.2 Å². The molecule has 0 radical (unpaired) electrons. The van der Waals surface area contributed by atoms with Crippen LogP contribution in [0.25, 0.3) is 0 Å². The second kappa shape index (κ2) is 6.16. The van der Waals surface area contributed by atoms with Gasteiger partial charge in [0.2, 0.25) is 0 Å². The summed E-state index contributed by atoms with van der Waals surface area (Å²) in [6, 6.07) is 0.566. The lowest BCUT2D eigenvalue weighted by molar-refractivity contribution is 0.245. The van der Waals surface area contributed by atoms with E-state index < -0.39 is 9.84 Å². The molecule has 2 saturated heterocycles. The fraction of sp³-hybridized carbons (Fsp3) is 1.00. The van der Waals surface area contributed by atoms with Crippen molar-refractivity contribution in [2.24, 2.45) is 0 Å². The Balaban J connectivity index is 1.76. The maximum Gasteiger partial charge on any atom is 0.152 e. The summed E-state index contributed by atoms with van der Waals surface area (Å²) in [5.41, 5.74) is 0. The second-order valence-electron chi connectivity index (χ2n) is 5.31. The summed E-state index contributed by atoms with van der Waals surface area (Å²) in [7, 11) is -2.73. The van der Waals surface area contributed by atoms with Crippen LogP contribution >= 0.6 is 0 Å². The first-order chi connectivity index (χ1) is 8.16. The second-order valence-corrected chi connectivity index (χ2v) is 7.61.